The Morgan fingerprint density at radius 3 is 1.76 bits per heavy atom. The van der Waals surface area contributed by atoms with E-state index in [0.29, 0.717) is 16.5 Å². The van der Waals surface area contributed by atoms with Crippen LogP contribution in [0.3, 0.4) is 0 Å². The minimum absolute atomic E-state index is 0.0559. The average molecular weight is 665 g/mol. The van der Waals surface area contributed by atoms with Gasteiger partial charge in [0.25, 0.3) is 19.1 Å². The van der Waals surface area contributed by atoms with E-state index in [2.05, 4.69) is 4.98 Å². The van der Waals surface area contributed by atoms with E-state index in [9.17, 15) is 25.6 Å². The van der Waals surface area contributed by atoms with E-state index in [4.69, 9.17) is 21.2 Å². The Labute approximate surface area is 262 Å². The van der Waals surface area contributed by atoms with Crippen molar-refractivity contribution in [1.82, 2.24) is 8.96 Å². The second-order valence-corrected chi connectivity index (χ2v) is 14.1. The number of nitrogens with zero attached hydrogens (tertiary/aromatic N) is 3. The maximum Gasteiger partial charge on any atom is 0.268 e. The largest absolute Gasteiger partial charge is 0.359 e. The minimum Gasteiger partial charge on any atom is -0.359 e. The van der Waals surface area contributed by atoms with E-state index < -0.39 is 24.9 Å². The molecule has 2 heterocycles. The molecule has 6 rings (SSSR count). The maximum atomic E-state index is 14.2. The molecular formula is C32H23ClF2N4O4S2. The molecule has 0 fully saturated rings. The zero-order chi connectivity index (χ0) is 32.9. The lowest BCUT2D eigenvalue weighted by atomic mass is 10.2. The van der Waals surface area contributed by atoms with Gasteiger partial charge in [-0.25, -0.2) is 29.6 Å². The van der Waals surface area contributed by atoms with Crippen molar-refractivity contribution >= 4 is 51.6 Å². The van der Waals surface area contributed by atoms with Gasteiger partial charge in [-0.2, -0.15) is 10.5 Å². The third kappa shape index (κ3) is 7.56. The Morgan fingerprint density at radius 2 is 1.22 bits per heavy atom. The SMILES string of the molecule is Cc1ccc(S(=O)(=O)Cl)cc1.Cc1ccc(S(=O)(=O)n2ccc3cc(C#N)cc(F)c32)cc1.N#Cc1cc(F)c2[nH]ccc2c1. The molecule has 0 unspecified atom stereocenters. The molecule has 0 radical (unpaired) electrons. The Hall–Kier alpha value is -5.01. The monoisotopic (exact) mass is 664 g/mol. The molecule has 0 atom stereocenters. The van der Waals surface area contributed by atoms with Crippen molar-refractivity contribution in [3.63, 3.8) is 0 Å². The summed E-state index contributed by atoms with van der Waals surface area (Å²) in [6.45, 7) is 3.73. The van der Waals surface area contributed by atoms with Gasteiger partial charge in [0.15, 0.2) is 0 Å². The van der Waals surface area contributed by atoms with Crippen molar-refractivity contribution in [2.45, 2.75) is 23.6 Å². The Bertz CT molecular complexity index is 2320. The Kier molecular flexibility index (Phi) is 9.74. The van der Waals surface area contributed by atoms with Crippen LogP contribution in [0.1, 0.15) is 22.3 Å². The summed E-state index contributed by atoms with van der Waals surface area (Å²) in [6, 6.07) is 25.0. The number of nitriles is 2. The molecule has 0 saturated carbocycles. The van der Waals surface area contributed by atoms with Crippen molar-refractivity contribution in [2.24, 2.45) is 0 Å². The lowest BCUT2D eigenvalue weighted by molar-refractivity contribution is 0.586. The number of H-pyrrole nitrogens is 1. The van der Waals surface area contributed by atoms with Crippen molar-refractivity contribution in [3.05, 3.63) is 131 Å². The van der Waals surface area contributed by atoms with Crippen LogP contribution >= 0.6 is 10.7 Å². The fourth-order valence-electron chi connectivity index (χ4n) is 4.18. The zero-order valence-corrected chi connectivity index (χ0v) is 26.1. The van der Waals surface area contributed by atoms with Crippen LogP contribution in [0.2, 0.25) is 0 Å². The van der Waals surface area contributed by atoms with Crippen molar-refractivity contribution in [2.75, 3.05) is 0 Å². The lowest BCUT2D eigenvalue weighted by Gasteiger charge is -2.08. The quantitative estimate of drug-likeness (QED) is 0.197. The van der Waals surface area contributed by atoms with Gasteiger partial charge in [0.05, 0.1) is 44.1 Å². The molecule has 228 valence electrons. The summed E-state index contributed by atoms with van der Waals surface area (Å²) in [5.74, 6) is -1.12. The molecule has 45 heavy (non-hydrogen) atoms. The minimum atomic E-state index is -3.89. The number of nitrogens with one attached hydrogen (secondary N) is 1. The molecule has 0 saturated heterocycles. The third-order valence-electron chi connectivity index (χ3n) is 6.45. The van der Waals surface area contributed by atoms with Gasteiger partial charge >= 0.3 is 0 Å². The molecule has 0 aliphatic rings. The van der Waals surface area contributed by atoms with Crippen molar-refractivity contribution in [3.8, 4) is 12.1 Å². The molecule has 4 aromatic carbocycles. The zero-order valence-electron chi connectivity index (χ0n) is 23.7. The first-order valence-corrected chi connectivity index (χ1v) is 16.7. The van der Waals surface area contributed by atoms with Gasteiger partial charge in [-0.1, -0.05) is 35.4 Å². The van der Waals surface area contributed by atoms with E-state index in [1.807, 2.05) is 26.0 Å². The predicted octanol–water partition coefficient (Wildman–Crippen LogP) is 7.30. The molecule has 2 aromatic heterocycles. The first kappa shape index (κ1) is 32.9. The fraction of sp³-hybridized carbons (Fsp3) is 0.0625. The number of fused-ring (bicyclic) bond motifs is 2. The van der Waals surface area contributed by atoms with Gasteiger partial charge in [0.2, 0.25) is 0 Å². The summed E-state index contributed by atoms with van der Waals surface area (Å²) < 4.78 is 74.9. The van der Waals surface area contributed by atoms with Crippen LogP contribution in [-0.4, -0.2) is 25.8 Å². The number of aryl methyl sites for hydroxylation is 2. The van der Waals surface area contributed by atoms with Gasteiger partial charge in [-0.3, -0.25) is 0 Å². The van der Waals surface area contributed by atoms with Crippen molar-refractivity contribution < 1.29 is 25.6 Å². The number of halogens is 3. The van der Waals surface area contributed by atoms with Crippen LogP contribution in [0.4, 0.5) is 8.78 Å². The molecule has 0 bridgehead atoms. The fourth-order valence-corrected chi connectivity index (χ4v) is 6.31. The summed E-state index contributed by atoms with van der Waals surface area (Å²) in [4.78, 5) is 2.98. The topological polar surface area (TPSA) is 137 Å². The molecule has 1 N–H and O–H groups in total. The van der Waals surface area contributed by atoms with E-state index in [-0.39, 0.29) is 26.7 Å². The van der Waals surface area contributed by atoms with Gasteiger partial charge in [-0.05, 0) is 74.5 Å². The van der Waals surface area contributed by atoms with E-state index in [1.54, 1.807) is 42.6 Å². The van der Waals surface area contributed by atoms with Crippen molar-refractivity contribution in [1.29, 1.82) is 10.5 Å². The number of aromatic nitrogens is 2. The Balaban J connectivity index is 0.000000169. The second-order valence-electron chi connectivity index (χ2n) is 9.70. The number of rotatable bonds is 3. The molecule has 8 nitrogen and oxygen atoms in total. The molecule has 0 aliphatic carbocycles. The lowest BCUT2D eigenvalue weighted by Crippen LogP contribution is -2.12. The highest BCUT2D eigenvalue weighted by Crippen LogP contribution is 2.26. The Morgan fingerprint density at radius 1 is 0.711 bits per heavy atom. The summed E-state index contributed by atoms with van der Waals surface area (Å²) in [7, 11) is -2.35. The van der Waals surface area contributed by atoms with Crippen LogP contribution in [-0.2, 0) is 19.1 Å². The number of hydrogen-bond acceptors (Lipinski definition) is 6. The van der Waals surface area contributed by atoms with Gasteiger partial charge in [-0.15, -0.1) is 0 Å². The molecule has 0 spiro atoms. The highest BCUT2D eigenvalue weighted by atomic mass is 35.7. The second kappa shape index (κ2) is 13.3. The molecule has 13 heteroatoms. The van der Waals surface area contributed by atoms with Gasteiger partial charge in [0.1, 0.15) is 11.6 Å². The smallest absolute Gasteiger partial charge is 0.268 e. The summed E-state index contributed by atoms with van der Waals surface area (Å²) >= 11 is 0. The molecule has 0 aliphatic heterocycles. The van der Waals surface area contributed by atoms with Crippen LogP contribution in [0, 0.1) is 48.1 Å². The maximum absolute atomic E-state index is 14.2. The van der Waals surface area contributed by atoms with Crippen LogP contribution in [0.5, 0.6) is 0 Å². The molecule has 6 aromatic rings. The number of aromatic amines is 1. The van der Waals surface area contributed by atoms with E-state index in [1.165, 1.54) is 48.7 Å². The third-order valence-corrected chi connectivity index (χ3v) is 9.51. The average Bonchev–Trinajstić information content (AvgIpc) is 3.66. The molecule has 0 amide bonds. The van der Waals surface area contributed by atoms with Crippen LogP contribution < -0.4 is 0 Å². The normalized spacial score (nSPS) is 11.1. The van der Waals surface area contributed by atoms with E-state index in [0.717, 1.165) is 26.6 Å². The van der Waals surface area contributed by atoms with Gasteiger partial charge < -0.3 is 4.98 Å². The first-order valence-electron chi connectivity index (χ1n) is 13.0. The predicted molar refractivity (Wildman–Crippen MR) is 168 cm³/mol. The van der Waals surface area contributed by atoms with E-state index >= 15 is 0 Å². The van der Waals surface area contributed by atoms with Gasteiger partial charge in [0, 0.05) is 33.8 Å². The summed E-state index contributed by atoms with van der Waals surface area (Å²) in [5.41, 5.74) is 2.83. The standard InChI is InChI=1S/C16H11FN2O2S.C9H5FN2.C7H7ClO2S/c1-11-2-4-14(5-3-11)22(20,21)19-7-6-13-8-12(10-18)9-15(17)16(13)19;10-8-4-6(5-11)3-7-1-2-12-9(7)8;1-6-2-4-7(5-3-6)11(8,9)10/h2-9H,1H3;1-4,12H;2-5H,1H3. The highest BCUT2D eigenvalue weighted by Gasteiger charge is 2.21. The number of hydrogen-bond donors (Lipinski definition) is 1. The highest BCUT2D eigenvalue weighted by molar-refractivity contribution is 8.13. The molecular weight excluding hydrogens is 642 g/mol. The summed E-state index contributed by atoms with van der Waals surface area (Å²) in [5, 5.41) is 18.5. The first-order chi connectivity index (χ1) is 21.2. The van der Waals surface area contributed by atoms with Crippen LogP contribution in [0.25, 0.3) is 21.8 Å². The van der Waals surface area contributed by atoms with Crippen LogP contribution in [0.15, 0.2) is 107 Å². The number of benzene rings is 4. The summed E-state index contributed by atoms with van der Waals surface area (Å²) in [6.07, 6.45) is 2.94.